The summed E-state index contributed by atoms with van der Waals surface area (Å²) < 4.78 is 24.5. The number of fused-ring (bicyclic) bond motifs is 1. The van der Waals surface area contributed by atoms with E-state index in [1.165, 1.54) is 18.0 Å². The topological polar surface area (TPSA) is 109 Å². The average molecular weight is 542 g/mol. The smallest absolute Gasteiger partial charge is 0.280 e. The summed E-state index contributed by atoms with van der Waals surface area (Å²) in [5.41, 5.74) is 1.70. The van der Waals surface area contributed by atoms with Gasteiger partial charge in [-0.15, -0.1) is 5.10 Å². The van der Waals surface area contributed by atoms with Gasteiger partial charge in [0.25, 0.3) is 17.8 Å². The van der Waals surface area contributed by atoms with Crippen molar-refractivity contribution in [2.75, 3.05) is 12.4 Å². The number of rotatable bonds is 6. The normalized spacial score (nSPS) is 12.0. The highest BCUT2D eigenvalue weighted by atomic mass is 35.5. The lowest BCUT2D eigenvalue weighted by atomic mass is 10.0. The maximum atomic E-state index is 15.3. The van der Waals surface area contributed by atoms with E-state index in [0.717, 1.165) is 23.2 Å². The molecule has 0 saturated carbocycles. The molecule has 1 atom stereocenters. The average Bonchev–Trinajstić information content (AvgIpc) is 3.48. The zero-order valence-electron chi connectivity index (χ0n) is 19.4. The van der Waals surface area contributed by atoms with Crippen LogP contribution in [0.15, 0.2) is 65.8 Å². The largest absolute Gasteiger partial charge is 0.495 e. The third-order valence-electron chi connectivity index (χ3n) is 5.70. The molecule has 0 aliphatic rings. The van der Waals surface area contributed by atoms with Gasteiger partial charge in [0, 0.05) is 40.3 Å². The molecule has 3 heterocycles. The molecule has 0 aliphatic heterocycles. The first-order chi connectivity index (χ1) is 17.7. The number of ether oxygens (including phenoxy) is 1. The number of hydrogen-bond donors (Lipinski definition) is 1. The number of nitrogens with zero attached hydrogens (tertiary/aromatic N) is 6. The number of carbonyl (C=O) groups is 1. The molecule has 0 radical (unpaired) electrons. The second-order valence-corrected chi connectivity index (χ2v) is 8.84. The highest BCUT2D eigenvalue weighted by molar-refractivity contribution is 6.31. The minimum absolute atomic E-state index is 0.126. The first-order valence-electron chi connectivity index (χ1n) is 10.8. The Kier molecular flexibility index (Phi) is 6.40. The summed E-state index contributed by atoms with van der Waals surface area (Å²) in [4.78, 5) is 25.7. The van der Waals surface area contributed by atoms with E-state index in [1.54, 1.807) is 54.3 Å². The van der Waals surface area contributed by atoms with E-state index in [-0.39, 0.29) is 10.9 Å². The van der Waals surface area contributed by atoms with E-state index in [0.29, 0.717) is 32.1 Å². The molecule has 5 aromatic rings. The molecule has 1 amide bonds. The molecule has 0 aliphatic carbocycles. The van der Waals surface area contributed by atoms with Crippen LogP contribution >= 0.6 is 23.2 Å². The third kappa shape index (κ3) is 4.66. The monoisotopic (exact) mass is 541 g/mol. The van der Waals surface area contributed by atoms with Crippen molar-refractivity contribution in [3.05, 3.63) is 81.6 Å². The lowest BCUT2D eigenvalue weighted by molar-refractivity contribution is -0.123. The van der Waals surface area contributed by atoms with E-state index >= 15 is 4.39 Å². The van der Waals surface area contributed by atoms with Gasteiger partial charge in [-0.05, 0) is 36.4 Å². The second kappa shape index (κ2) is 9.68. The number of aryl methyl sites for hydroxylation is 1. The molecule has 188 valence electrons. The van der Waals surface area contributed by atoms with Crippen LogP contribution in [0.4, 0.5) is 10.1 Å². The lowest BCUT2D eigenvalue weighted by Crippen LogP contribution is -2.30. The molecule has 0 saturated heterocycles. The van der Waals surface area contributed by atoms with Crippen LogP contribution < -0.4 is 15.6 Å². The highest BCUT2D eigenvalue weighted by Gasteiger charge is 2.24. The molecular formula is C24H18Cl2FN7O3. The fourth-order valence-electron chi connectivity index (χ4n) is 3.93. The van der Waals surface area contributed by atoms with Crippen molar-refractivity contribution in [1.82, 2.24) is 29.3 Å². The molecular weight excluding hydrogens is 524 g/mol. The van der Waals surface area contributed by atoms with Gasteiger partial charge in [0.15, 0.2) is 5.15 Å². The minimum Gasteiger partial charge on any atom is -0.495 e. The summed E-state index contributed by atoms with van der Waals surface area (Å²) in [5, 5.41) is 15.7. The van der Waals surface area contributed by atoms with Crippen molar-refractivity contribution < 1.29 is 13.9 Å². The Hall–Kier alpha value is -4.22. The first kappa shape index (κ1) is 24.5. The number of halogens is 3. The Morgan fingerprint density at radius 3 is 2.65 bits per heavy atom. The Morgan fingerprint density at radius 2 is 1.92 bits per heavy atom. The molecule has 2 aromatic carbocycles. The van der Waals surface area contributed by atoms with Gasteiger partial charge in [0.05, 0.1) is 36.9 Å². The number of carbonyl (C=O) groups excluding carboxylic acids is 1. The van der Waals surface area contributed by atoms with Gasteiger partial charge in [-0.1, -0.05) is 28.4 Å². The molecule has 0 fully saturated rings. The zero-order valence-corrected chi connectivity index (χ0v) is 20.9. The lowest BCUT2D eigenvalue weighted by Gasteiger charge is -2.17. The molecule has 1 unspecified atom stereocenters. The number of hydrogen-bond acceptors (Lipinski definition) is 6. The van der Waals surface area contributed by atoms with E-state index < -0.39 is 17.8 Å². The van der Waals surface area contributed by atoms with Crippen molar-refractivity contribution in [3.8, 4) is 22.6 Å². The van der Waals surface area contributed by atoms with E-state index in [2.05, 4.69) is 20.7 Å². The molecule has 1 N–H and O–H groups in total. The van der Waals surface area contributed by atoms with Crippen molar-refractivity contribution in [2.45, 2.75) is 6.30 Å². The van der Waals surface area contributed by atoms with Crippen molar-refractivity contribution in [1.29, 1.82) is 0 Å². The molecule has 0 bridgehead atoms. The number of nitrogens with one attached hydrogen (secondary N) is 1. The second-order valence-electron chi connectivity index (χ2n) is 8.02. The maximum absolute atomic E-state index is 15.3. The number of aromatic nitrogens is 6. The van der Waals surface area contributed by atoms with Crippen LogP contribution in [0.1, 0.15) is 6.30 Å². The third-order valence-corrected chi connectivity index (χ3v) is 6.11. The molecule has 10 nitrogen and oxygen atoms in total. The fourth-order valence-corrected chi connectivity index (χ4v) is 4.23. The summed E-state index contributed by atoms with van der Waals surface area (Å²) in [6.45, 7) is 0. The van der Waals surface area contributed by atoms with Crippen LogP contribution in [0.5, 0.6) is 5.75 Å². The predicted octanol–water partition coefficient (Wildman–Crippen LogP) is 4.40. The van der Waals surface area contributed by atoms with Crippen LogP contribution in [0, 0.1) is 0 Å². The Morgan fingerprint density at radius 1 is 1.11 bits per heavy atom. The van der Waals surface area contributed by atoms with Crippen LogP contribution in [-0.2, 0) is 11.8 Å². The van der Waals surface area contributed by atoms with Gasteiger partial charge in [-0.2, -0.15) is 5.10 Å². The van der Waals surface area contributed by atoms with E-state index in [1.807, 2.05) is 0 Å². The summed E-state index contributed by atoms with van der Waals surface area (Å²) in [6, 6.07) is 11.1. The quantitative estimate of drug-likeness (QED) is 0.341. The van der Waals surface area contributed by atoms with E-state index in [4.69, 9.17) is 27.9 Å². The van der Waals surface area contributed by atoms with Crippen LogP contribution in [-0.4, -0.2) is 42.4 Å². The van der Waals surface area contributed by atoms with Gasteiger partial charge in [0.1, 0.15) is 5.75 Å². The van der Waals surface area contributed by atoms with Gasteiger partial charge in [-0.25, -0.2) is 9.07 Å². The number of benzene rings is 2. The van der Waals surface area contributed by atoms with Gasteiger partial charge in [-0.3, -0.25) is 18.8 Å². The highest BCUT2D eigenvalue weighted by Crippen LogP contribution is 2.35. The minimum atomic E-state index is -2.33. The Balaban J connectivity index is 1.50. The summed E-state index contributed by atoms with van der Waals surface area (Å²) >= 11 is 12.1. The number of amides is 1. The van der Waals surface area contributed by atoms with Gasteiger partial charge < -0.3 is 10.1 Å². The molecule has 37 heavy (non-hydrogen) atoms. The molecule has 0 spiro atoms. The molecule has 13 heteroatoms. The molecule has 3 aromatic heterocycles. The van der Waals surface area contributed by atoms with Crippen LogP contribution in [0.2, 0.25) is 10.2 Å². The number of alkyl halides is 1. The van der Waals surface area contributed by atoms with Crippen molar-refractivity contribution in [2.24, 2.45) is 7.05 Å². The Bertz CT molecular complexity index is 1710. The predicted molar refractivity (Wildman–Crippen MR) is 137 cm³/mol. The van der Waals surface area contributed by atoms with E-state index in [9.17, 15) is 9.59 Å². The number of anilines is 1. The van der Waals surface area contributed by atoms with Crippen molar-refractivity contribution in [3.63, 3.8) is 0 Å². The van der Waals surface area contributed by atoms with Crippen molar-refractivity contribution >= 4 is 45.7 Å². The van der Waals surface area contributed by atoms with Crippen LogP contribution in [0.3, 0.4) is 0 Å². The van der Waals surface area contributed by atoms with Crippen LogP contribution in [0.25, 0.3) is 27.7 Å². The summed E-state index contributed by atoms with van der Waals surface area (Å²) in [7, 11) is 3.15. The molecule has 5 rings (SSSR count). The standard InChI is InChI=1S/C24H18Cl2FN7O3/c1-32-18-6-4-15(7-13(18)10-28-32)29-24(36)23(27)33-11-20(37-2)17(9-22(33)35)16-8-14(25)3-5-19(16)34-12-21(26)30-31-34/h3-12,23H,1-2H3,(H,29,36). The fraction of sp³-hybridized carbons (Fsp3) is 0.125. The summed E-state index contributed by atoms with van der Waals surface area (Å²) in [5.74, 6) is -0.901. The number of methoxy groups -OCH3 is 1. The van der Waals surface area contributed by atoms with Gasteiger partial charge in [0.2, 0.25) is 0 Å². The maximum Gasteiger partial charge on any atom is 0.280 e. The SMILES string of the molecule is COc1cn(C(F)C(=O)Nc2ccc3c(cnn3C)c2)c(=O)cc1-c1cc(Cl)ccc1-n1cc(Cl)nn1. The Labute approximate surface area is 218 Å². The zero-order chi connectivity index (χ0) is 26.3. The first-order valence-corrected chi connectivity index (χ1v) is 11.6. The number of pyridine rings is 1. The van der Waals surface area contributed by atoms with Gasteiger partial charge >= 0.3 is 0 Å². The summed E-state index contributed by atoms with van der Waals surface area (Å²) in [6.07, 6.45) is 1.91.